The van der Waals surface area contributed by atoms with Gasteiger partial charge in [-0.2, -0.15) is 0 Å². The van der Waals surface area contributed by atoms with Crippen molar-refractivity contribution in [3.63, 3.8) is 0 Å². The van der Waals surface area contributed by atoms with Crippen LogP contribution in [-0.2, 0) is 13.1 Å². The van der Waals surface area contributed by atoms with E-state index in [9.17, 15) is 0 Å². The van der Waals surface area contributed by atoms with Gasteiger partial charge in [0.25, 0.3) is 0 Å². The number of piperazine rings is 1. The molecule has 4 nitrogen and oxygen atoms in total. The average molecular weight is 248 g/mol. The molecule has 0 atom stereocenters. The van der Waals surface area contributed by atoms with E-state index in [0.29, 0.717) is 6.54 Å². The number of aromatic nitrogens is 1. The molecule has 2 rings (SSSR count). The highest BCUT2D eigenvalue weighted by molar-refractivity contribution is 5.16. The molecule has 1 fully saturated rings. The van der Waals surface area contributed by atoms with Crippen LogP contribution in [0.3, 0.4) is 0 Å². The first-order chi connectivity index (χ1) is 8.51. The molecule has 2 N–H and O–H groups in total. The van der Waals surface area contributed by atoms with Crippen LogP contribution in [0.15, 0.2) is 18.3 Å². The van der Waals surface area contributed by atoms with Gasteiger partial charge in [-0.05, 0) is 38.6 Å². The van der Waals surface area contributed by atoms with Crippen LogP contribution in [0.1, 0.15) is 25.1 Å². The Kier molecular flexibility index (Phi) is 4.00. The molecule has 0 saturated carbocycles. The Morgan fingerprint density at radius 2 is 2.17 bits per heavy atom. The van der Waals surface area contributed by atoms with Crippen molar-refractivity contribution in [1.29, 1.82) is 0 Å². The number of nitrogens with two attached hydrogens (primary N) is 1. The summed E-state index contributed by atoms with van der Waals surface area (Å²) in [5.41, 5.74) is 8.17. The molecule has 0 spiro atoms. The molecule has 2 heterocycles. The van der Waals surface area contributed by atoms with Gasteiger partial charge in [0.2, 0.25) is 0 Å². The van der Waals surface area contributed by atoms with Crippen molar-refractivity contribution in [2.75, 3.05) is 26.7 Å². The Morgan fingerprint density at radius 1 is 1.39 bits per heavy atom. The van der Waals surface area contributed by atoms with Crippen LogP contribution < -0.4 is 5.73 Å². The van der Waals surface area contributed by atoms with E-state index in [2.05, 4.69) is 47.8 Å². The molecule has 1 saturated heterocycles. The largest absolute Gasteiger partial charge is 0.325 e. The molecular formula is C14H24N4. The van der Waals surface area contributed by atoms with Crippen molar-refractivity contribution in [2.24, 2.45) is 5.73 Å². The minimum absolute atomic E-state index is 0.252. The zero-order valence-corrected chi connectivity index (χ0v) is 11.7. The Bertz CT molecular complexity index is 403. The third kappa shape index (κ3) is 3.07. The lowest BCUT2D eigenvalue weighted by Gasteiger charge is -2.45. The van der Waals surface area contributed by atoms with Gasteiger partial charge < -0.3 is 5.73 Å². The van der Waals surface area contributed by atoms with Crippen LogP contribution in [0.4, 0.5) is 0 Å². The first kappa shape index (κ1) is 13.5. The van der Waals surface area contributed by atoms with E-state index in [-0.39, 0.29) is 5.54 Å². The maximum absolute atomic E-state index is 5.63. The molecule has 4 heteroatoms. The van der Waals surface area contributed by atoms with Gasteiger partial charge in [0.1, 0.15) is 0 Å². The van der Waals surface area contributed by atoms with Crippen LogP contribution >= 0.6 is 0 Å². The summed E-state index contributed by atoms with van der Waals surface area (Å²) in [4.78, 5) is 9.18. The second kappa shape index (κ2) is 5.34. The fourth-order valence-electron chi connectivity index (χ4n) is 2.47. The molecule has 18 heavy (non-hydrogen) atoms. The highest BCUT2D eigenvalue weighted by atomic mass is 15.3. The summed E-state index contributed by atoms with van der Waals surface area (Å²) in [6.45, 7) is 9.47. The fourth-order valence-corrected chi connectivity index (χ4v) is 2.47. The molecular weight excluding hydrogens is 224 g/mol. The average Bonchev–Trinajstić information content (AvgIpc) is 2.34. The van der Waals surface area contributed by atoms with Gasteiger partial charge in [0.15, 0.2) is 0 Å². The lowest BCUT2D eigenvalue weighted by Crippen LogP contribution is -2.57. The predicted octanol–water partition coefficient (Wildman–Crippen LogP) is 1.07. The molecule has 0 aliphatic carbocycles. The van der Waals surface area contributed by atoms with Crippen LogP contribution in [-0.4, -0.2) is 47.0 Å². The summed E-state index contributed by atoms with van der Waals surface area (Å²) < 4.78 is 0. The Hall–Kier alpha value is -0.970. The molecule has 1 aromatic heterocycles. The molecule has 0 amide bonds. The Labute approximate surface area is 110 Å². The van der Waals surface area contributed by atoms with Crippen LogP contribution in [0.25, 0.3) is 0 Å². The fraction of sp³-hybridized carbons (Fsp3) is 0.643. The topological polar surface area (TPSA) is 45.4 Å². The second-order valence-electron chi connectivity index (χ2n) is 5.80. The van der Waals surface area contributed by atoms with E-state index < -0.39 is 0 Å². The highest BCUT2D eigenvalue weighted by Crippen LogP contribution is 2.20. The van der Waals surface area contributed by atoms with Crippen molar-refractivity contribution >= 4 is 0 Å². The van der Waals surface area contributed by atoms with E-state index >= 15 is 0 Å². The predicted molar refractivity (Wildman–Crippen MR) is 74.1 cm³/mol. The molecule has 0 aromatic carbocycles. The molecule has 1 aliphatic heterocycles. The van der Waals surface area contributed by atoms with Gasteiger partial charge in [-0.1, -0.05) is 0 Å². The van der Waals surface area contributed by atoms with Crippen LogP contribution in [0.2, 0.25) is 0 Å². The zero-order valence-electron chi connectivity index (χ0n) is 11.7. The monoisotopic (exact) mass is 248 g/mol. The van der Waals surface area contributed by atoms with Gasteiger partial charge in [0, 0.05) is 44.5 Å². The van der Waals surface area contributed by atoms with E-state index in [1.54, 1.807) is 0 Å². The first-order valence-corrected chi connectivity index (χ1v) is 6.59. The highest BCUT2D eigenvalue weighted by Gasteiger charge is 2.30. The zero-order chi connectivity index (χ0) is 13.2. The number of rotatable bonds is 3. The number of likely N-dealkylation sites (N-methyl/N-ethyl adjacent to an activating group) is 1. The van der Waals surface area contributed by atoms with Gasteiger partial charge in [-0.15, -0.1) is 0 Å². The SMILES string of the molecule is CN1CCN(Cc2ccnc(CN)c2)CC1(C)C. The minimum Gasteiger partial charge on any atom is -0.325 e. The van der Waals surface area contributed by atoms with E-state index in [1.807, 2.05) is 6.20 Å². The first-order valence-electron chi connectivity index (χ1n) is 6.59. The van der Waals surface area contributed by atoms with E-state index in [1.165, 1.54) is 5.56 Å². The summed E-state index contributed by atoms with van der Waals surface area (Å²) in [7, 11) is 2.20. The molecule has 1 aliphatic rings. The van der Waals surface area contributed by atoms with Crippen molar-refractivity contribution in [2.45, 2.75) is 32.5 Å². The van der Waals surface area contributed by atoms with Gasteiger partial charge in [-0.25, -0.2) is 0 Å². The standard InChI is InChI=1S/C14H24N4/c1-14(2)11-18(7-6-17(14)3)10-12-4-5-16-13(8-12)9-15/h4-5,8H,6-7,9-11,15H2,1-3H3. The summed E-state index contributed by atoms with van der Waals surface area (Å²) in [5, 5.41) is 0. The van der Waals surface area contributed by atoms with E-state index in [4.69, 9.17) is 5.73 Å². The summed E-state index contributed by atoms with van der Waals surface area (Å²) >= 11 is 0. The van der Waals surface area contributed by atoms with Crippen LogP contribution in [0.5, 0.6) is 0 Å². The normalized spacial score (nSPS) is 21.1. The molecule has 1 aromatic rings. The maximum atomic E-state index is 5.63. The number of hydrogen-bond donors (Lipinski definition) is 1. The van der Waals surface area contributed by atoms with E-state index in [0.717, 1.165) is 31.9 Å². The Balaban J connectivity index is 2.01. The molecule has 0 bridgehead atoms. The maximum Gasteiger partial charge on any atom is 0.0542 e. The van der Waals surface area contributed by atoms with Crippen molar-refractivity contribution in [3.05, 3.63) is 29.6 Å². The lowest BCUT2D eigenvalue weighted by molar-refractivity contribution is 0.0360. The number of nitrogens with zero attached hydrogens (tertiary/aromatic N) is 3. The molecule has 100 valence electrons. The third-order valence-electron chi connectivity index (χ3n) is 3.89. The van der Waals surface area contributed by atoms with Crippen molar-refractivity contribution in [3.8, 4) is 0 Å². The molecule has 0 radical (unpaired) electrons. The third-order valence-corrected chi connectivity index (χ3v) is 3.89. The van der Waals surface area contributed by atoms with Gasteiger partial charge in [-0.3, -0.25) is 14.8 Å². The Morgan fingerprint density at radius 3 is 2.83 bits per heavy atom. The van der Waals surface area contributed by atoms with Crippen molar-refractivity contribution < 1.29 is 0 Å². The number of hydrogen-bond acceptors (Lipinski definition) is 4. The lowest BCUT2D eigenvalue weighted by atomic mass is 9.99. The summed E-state index contributed by atoms with van der Waals surface area (Å²) in [5.74, 6) is 0. The quantitative estimate of drug-likeness (QED) is 0.869. The van der Waals surface area contributed by atoms with Gasteiger partial charge >= 0.3 is 0 Å². The van der Waals surface area contributed by atoms with Crippen LogP contribution in [0, 0.1) is 0 Å². The molecule has 0 unspecified atom stereocenters. The summed E-state index contributed by atoms with van der Waals surface area (Å²) in [6, 6.07) is 4.20. The second-order valence-corrected chi connectivity index (χ2v) is 5.80. The number of pyridine rings is 1. The smallest absolute Gasteiger partial charge is 0.0542 e. The summed E-state index contributed by atoms with van der Waals surface area (Å²) in [6.07, 6.45) is 1.86. The van der Waals surface area contributed by atoms with Crippen molar-refractivity contribution in [1.82, 2.24) is 14.8 Å². The van der Waals surface area contributed by atoms with Gasteiger partial charge in [0.05, 0.1) is 5.69 Å². The minimum atomic E-state index is 0.252.